The summed E-state index contributed by atoms with van der Waals surface area (Å²) in [6, 6.07) is 10.3. The number of likely N-dealkylation sites (tertiary alicyclic amines) is 1. The number of nitrogens with one attached hydrogen (secondary N) is 1. The molecular weight excluding hydrogens is 361 g/mol. The normalized spacial score (nSPS) is 19.0. The molecule has 3 aromatic rings. The van der Waals surface area contributed by atoms with Gasteiger partial charge in [0.2, 0.25) is 5.82 Å². The van der Waals surface area contributed by atoms with Gasteiger partial charge < -0.3 is 9.64 Å². The molecule has 2 aromatic heterocycles. The fourth-order valence-electron chi connectivity index (χ4n) is 3.69. The van der Waals surface area contributed by atoms with Crippen molar-refractivity contribution >= 4 is 5.91 Å². The lowest BCUT2D eigenvalue weighted by Gasteiger charge is -2.24. The number of aromatic amines is 1. The van der Waals surface area contributed by atoms with Gasteiger partial charge in [0.05, 0.1) is 7.11 Å². The molecule has 1 N–H and O–H groups in total. The van der Waals surface area contributed by atoms with Crippen LogP contribution in [-0.4, -0.2) is 50.7 Å². The van der Waals surface area contributed by atoms with Crippen molar-refractivity contribution in [2.24, 2.45) is 0 Å². The molecule has 2 atom stereocenters. The molecule has 28 heavy (non-hydrogen) atoms. The maximum atomic E-state index is 14.1. The number of carbonyl (C=O) groups is 1. The molecule has 8 heteroatoms. The molecule has 1 aliphatic heterocycles. The summed E-state index contributed by atoms with van der Waals surface area (Å²) >= 11 is 0. The average molecular weight is 381 g/mol. The van der Waals surface area contributed by atoms with E-state index in [0.29, 0.717) is 18.1 Å². The molecule has 0 bridgehead atoms. The molecule has 1 aromatic carbocycles. The third-order valence-corrected chi connectivity index (χ3v) is 5.20. The molecule has 4 rings (SSSR count). The van der Waals surface area contributed by atoms with Crippen LogP contribution in [-0.2, 0) is 0 Å². The van der Waals surface area contributed by atoms with Crippen LogP contribution in [0.3, 0.4) is 0 Å². The molecule has 0 saturated carbocycles. The summed E-state index contributed by atoms with van der Waals surface area (Å²) in [4.78, 5) is 23.2. The summed E-state index contributed by atoms with van der Waals surface area (Å²) in [5, 5.41) is 6.81. The third-order valence-electron chi connectivity index (χ3n) is 5.20. The Bertz CT molecular complexity index is 991. The summed E-state index contributed by atoms with van der Waals surface area (Å²) in [5.74, 6) is 0.193. The number of hydrogen-bond donors (Lipinski definition) is 1. The van der Waals surface area contributed by atoms with E-state index in [-0.39, 0.29) is 29.4 Å². The van der Waals surface area contributed by atoms with Gasteiger partial charge in [-0.1, -0.05) is 12.1 Å². The molecule has 3 heterocycles. The molecule has 0 radical (unpaired) electrons. The quantitative estimate of drug-likeness (QED) is 0.751. The first-order valence-electron chi connectivity index (χ1n) is 9.06. The second-order valence-electron chi connectivity index (χ2n) is 6.75. The number of pyridine rings is 1. The minimum absolute atomic E-state index is 0.0440. The molecule has 1 saturated heterocycles. The van der Waals surface area contributed by atoms with Crippen LogP contribution in [0.2, 0.25) is 0 Å². The van der Waals surface area contributed by atoms with Crippen LogP contribution in [0.25, 0.3) is 11.5 Å². The van der Waals surface area contributed by atoms with E-state index in [1.165, 1.54) is 13.2 Å². The van der Waals surface area contributed by atoms with E-state index < -0.39 is 5.82 Å². The zero-order chi connectivity index (χ0) is 19.7. The van der Waals surface area contributed by atoms with Gasteiger partial charge in [-0.15, -0.1) is 0 Å². The van der Waals surface area contributed by atoms with Crippen LogP contribution in [0.5, 0.6) is 5.75 Å². The SMILES string of the molecule is COc1ccc(C2CCN(C(=O)c3nc(-c4ccccn4)n[nH]3)C2C)cc1F. The number of benzene rings is 1. The summed E-state index contributed by atoms with van der Waals surface area (Å²) in [7, 11) is 1.44. The van der Waals surface area contributed by atoms with Gasteiger partial charge in [-0.25, -0.2) is 9.37 Å². The van der Waals surface area contributed by atoms with E-state index in [2.05, 4.69) is 20.2 Å². The van der Waals surface area contributed by atoms with Gasteiger partial charge in [-0.3, -0.25) is 14.9 Å². The fourth-order valence-corrected chi connectivity index (χ4v) is 3.69. The van der Waals surface area contributed by atoms with Crippen LogP contribution in [0.4, 0.5) is 4.39 Å². The first-order chi connectivity index (χ1) is 13.6. The second kappa shape index (κ2) is 7.38. The van der Waals surface area contributed by atoms with Gasteiger partial charge in [0.1, 0.15) is 5.69 Å². The minimum atomic E-state index is -0.396. The van der Waals surface area contributed by atoms with Crippen LogP contribution in [0.1, 0.15) is 35.4 Å². The fraction of sp³-hybridized carbons (Fsp3) is 0.300. The van der Waals surface area contributed by atoms with Crippen LogP contribution in [0, 0.1) is 5.82 Å². The number of aromatic nitrogens is 4. The third kappa shape index (κ3) is 3.21. The number of amides is 1. The highest BCUT2D eigenvalue weighted by Crippen LogP contribution is 2.35. The van der Waals surface area contributed by atoms with Crippen molar-refractivity contribution < 1.29 is 13.9 Å². The highest BCUT2D eigenvalue weighted by atomic mass is 19.1. The Morgan fingerprint density at radius 2 is 2.18 bits per heavy atom. The number of nitrogens with zero attached hydrogens (tertiary/aromatic N) is 4. The topological polar surface area (TPSA) is 84.0 Å². The number of rotatable bonds is 4. The predicted molar refractivity (Wildman–Crippen MR) is 100 cm³/mol. The van der Waals surface area contributed by atoms with Gasteiger partial charge in [0, 0.05) is 24.7 Å². The minimum Gasteiger partial charge on any atom is -0.494 e. The van der Waals surface area contributed by atoms with Gasteiger partial charge >= 0.3 is 0 Å². The monoisotopic (exact) mass is 381 g/mol. The zero-order valence-corrected chi connectivity index (χ0v) is 15.6. The van der Waals surface area contributed by atoms with Gasteiger partial charge in [0.15, 0.2) is 17.4 Å². The Kier molecular flexibility index (Phi) is 4.77. The van der Waals surface area contributed by atoms with Crippen molar-refractivity contribution in [2.75, 3.05) is 13.7 Å². The lowest BCUT2D eigenvalue weighted by atomic mass is 9.92. The molecule has 1 fully saturated rings. The molecule has 144 valence electrons. The van der Waals surface area contributed by atoms with Gasteiger partial charge in [-0.05, 0) is 43.2 Å². The van der Waals surface area contributed by atoms with Crippen LogP contribution >= 0.6 is 0 Å². The molecule has 1 amide bonds. The highest BCUT2D eigenvalue weighted by molar-refractivity contribution is 5.91. The van der Waals surface area contributed by atoms with Crippen molar-refractivity contribution in [3.63, 3.8) is 0 Å². The first-order valence-corrected chi connectivity index (χ1v) is 9.06. The van der Waals surface area contributed by atoms with Gasteiger partial charge in [0.25, 0.3) is 5.91 Å². The van der Waals surface area contributed by atoms with E-state index in [1.54, 1.807) is 29.3 Å². The van der Waals surface area contributed by atoms with Crippen molar-refractivity contribution in [3.05, 3.63) is 59.8 Å². The Balaban J connectivity index is 1.52. The number of H-pyrrole nitrogens is 1. The van der Waals surface area contributed by atoms with Crippen molar-refractivity contribution in [2.45, 2.75) is 25.3 Å². The van der Waals surface area contributed by atoms with Crippen LogP contribution in [0.15, 0.2) is 42.6 Å². The molecular formula is C20H20FN5O2. The van der Waals surface area contributed by atoms with Gasteiger partial charge in [-0.2, -0.15) is 5.10 Å². The Labute approximate surface area is 161 Å². The number of ether oxygens (including phenoxy) is 1. The van der Waals surface area contributed by atoms with E-state index in [9.17, 15) is 9.18 Å². The summed E-state index contributed by atoms with van der Waals surface area (Å²) in [6.07, 6.45) is 2.40. The lowest BCUT2D eigenvalue weighted by molar-refractivity contribution is 0.0730. The molecule has 7 nitrogen and oxygen atoms in total. The Hall–Kier alpha value is -3.29. The van der Waals surface area contributed by atoms with E-state index >= 15 is 0 Å². The lowest BCUT2D eigenvalue weighted by Crippen LogP contribution is -2.36. The molecule has 1 aliphatic rings. The van der Waals surface area contributed by atoms with E-state index in [4.69, 9.17) is 4.74 Å². The number of methoxy groups -OCH3 is 1. The molecule has 2 unspecified atom stereocenters. The maximum Gasteiger partial charge on any atom is 0.291 e. The first kappa shape index (κ1) is 18.1. The number of halogens is 1. The number of carbonyl (C=O) groups excluding carboxylic acids is 1. The molecule has 0 spiro atoms. The van der Waals surface area contributed by atoms with E-state index in [0.717, 1.165) is 12.0 Å². The van der Waals surface area contributed by atoms with Crippen molar-refractivity contribution in [3.8, 4) is 17.3 Å². The predicted octanol–water partition coefficient (Wildman–Crippen LogP) is 3.03. The second-order valence-corrected chi connectivity index (χ2v) is 6.75. The summed E-state index contributed by atoms with van der Waals surface area (Å²) in [5.41, 5.74) is 1.45. The standard InChI is InChI=1S/C20H20FN5O2/c1-12-14(13-6-7-17(28-2)15(21)11-13)8-10-26(12)20(27)19-23-18(24-25-19)16-5-3-4-9-22-16/h3-7,9,11-12,14H,8,10H2,1-2H3,(H,23,24,25). The number of hydrogen-bond acceptors (Lipinski definition) is 5. The Morgan fingerprint density at radius 1 is 1.32 bits per heavy atom. The summed E-state index contributed by atoms with van der Waals surface area (Å²) in [6.45, 7) is 2.53. The molecule has 0 aliphatic carbocycles. The average Bonchev–Trinajstić information content (AvgIpc) is 3.35. The van der Waals surface area contributed by atoms with E-state index in [1.807, 2.05) is 19.1 Å². The largest absolute Gasteiger partial charge is 0.494 e. The van der Waals surface area contributed by atoms with Crippen molar-refractivity contribution in [1.29, 1.82) is 0 Å². The van der Waals surface area contributed by atoms with Crippen molar-refractivity contribution in [1.82, 2.24) is 25.1 Å². The van der Waals surface area contributed by atoms with Crippen LogP contribution < -0.4 is 4.74 Å². The smallest absolute Gasteiger partial charge is 0.291 e. The Morgan fingerprint density at radius 3 is 2.89 bits per heavy atom. The maximum absolute atomic E-state index is 14.1. The highest BCUT2D eigenvalue weighted by Gasteiger charge is 2.36. The zero-order valence-electron chi connectivity index (χ0n) is 15.6. The summed E-state index contributed by atoms with van der Waals surface area (Å²) < 4.78 is 19.1.